The maximum Gasteiger partial charge on any atom is 0.200 e. The molecule has 3 rings (SSSR count). The van der Waals surface area contributed by atoms with Gasteiger partial charge in [0.15, 0.2) is 10.6 Å². The third-order valence-electron chi connectivity index (χ3n) is 2.89. The first-order valence-electron chi connectivity index (χ1n) is 5.88. The molecule has 0 spiro atoms. The summed E-state index contributed by atoms with van der Waals surface area (Å²) in [7, 11) is 0. The number of hydrogen-bond donors (Lipinski definition) is 2. The standard InChI is InChI=1S/C14H10ClN3OS/c15-9-6-7-12(19)11(8-9)13-16-17-14(20)18(13)10-4-2-1-3-5-10/h1-8,19H,(H,17,20). The van der Waals surface area contributed by atoms with E-state index in [0.29, 0.717) is 21.2 Å². The number of H-pyrrole nitrogens is 1. The van der Waals surface area contributed by atoms with E-state index in [1.54, 1.807) is 16.7 Å². The van der Waals surface area contributed by atoms with Crippen LogP contribution in [0, 0.1) is 4.77 Å². The average molecular weight is 304 g/mol. The molecule has 0 unspecified atom stereocenters. The molecule has 0 saturated carbocycles. The van der Waals surface area contributed by atoms with E-state index in [1.165, 1.54) is 6.07 Å². The van der Waals surface area contributed by atoms with Gasteiger partial charge in [0.2, 0.25) is 0 Å². The van der Waals surface area contributed by atoms with Crippen LogP contribution in [-0.2, 0) is 0 Å². The molecule has 3 aromatic rings. The van der Waals surface area contributed by atoms with Gasteiger partial charge in [-0.25, -0.2) is 0 Å². The molecule has 1 aromatic heterocycles. The van der Waals surface area contributed by atoms with Crippen molar-refractivity contribution in [3.8, 4) is 22.8 Å². The van der Waals surface area contributed by atoms with Crippen molar-refractivity contribution in [1.82, 2.24) is 14.8 Å². The third kappa shape index (κ3) is 2.21. The van der Waals surface area contributed by atoms with Gasteiger partial charge < -0.3 is 5.11 Å². The summed E-state index contributed by atoms with van der Waals surface area (Å²) in [6.07, 6.45) is 0. The minimum Gasteiger partial charge on any atom is -0.507 e. The number of hydrogen-bond acceptors (Lipinski definition) is 3. The number of phenols is 1. The van der Waals surface area contributed by atoms with Crippen LogP contribution in [0.4, 0.5) is 0 Å². The molecule has 0 amide bonds. The second-order valence-electron chi connectivity index (χ2n) is 4.18. The maximum absolute atomic E-state index is 10.0. The number of aromatic amines is 1. The van der Waals surface area contributed by atoms with Gasteiger partial charge >= 0.3 is 0 Å². The fourth-order valence-electron chi connectivity index (χ4n) is 1.98. The molecule has 100 valence electrons. The molecular weight excluding hydrogens is 294 g/mol. The molecule has 6 heteroatoms. The number of rotatable bonds is 2. The van der Waals surface area contributed by atoms with Crippen molar-refractivity contribution in [2.45, 2.75) is 0 Å². The molecule has 0 aliphatic heterocycles. The topological polar surface area (TPSA) is 53.8 Å². The summed E-state index contributed by atoms with van der Waals surface area (Å²) in [4.78, 5) is 0. The summed E-state index contributed by atoms with van der Waals surface area (Å²) in [5.74, 6) is 0.613. The maximum atomic E-state index is 10.0. The predicted octanol–water partition coefficient (Wildman–Crippen LogP) is 3.96. The highest BCUT2D eigenvalue weighted by Crippen LogP contribution is 2.31. The van der Waals surface area contributed by atoms with E-state index in [-0.39, 0.29) is 5.75 Å². The van der Waals surface area contributed by atoms with Crippen molar-refractivity contribution >= 4 is 23.8 Å². The Morgan fingerprint density at radius 2 is 1.90 bits per heavy atom. The summed E-state index contributed by atoms with van der Waals surface area (Å²) in [6.45, 7) is 0. The van der Waals surface area contributed by atoms with Gasteiger partial charge in [0.25, 0.3) is 0 Å². The summed E-state index contributed by atoms with van der Waals surface area (Å²) in [5.41, 5.74) is 1.38. The molecular formula is C14H10ClN3OS. The minimum absolute atomic E-state index is 0.0978. The van der Waals surface area contributed by atoms with Crippen molar-refractivity contribution in [2.75, 3.05) is 0 Å². The molecule has 0 bridgehead atoms. The number of aromatic nitrogens is 3. The van der Waals surface area contributed by atoms with Gasteiger partial charge in [0.1, 0.15) is 5.75 Å². The molecule has 0 aliphatic carbocycles. The lowest BCUT2D eigenvalue weighted by Crippen LogP contribution is -1.97. The lowest BCUT2D eigenvalue weighted by molar-refractivity contribution is 0.476. The van der Waals surface area contributed by atoms with Crippen LogP contribution in [0.2, 0.25) is 5.02 Å². The Labute approximate surface area is 125 Å². The molecule has 0 saturated heterocycles. The quantitative estimate of drug-likeness (QED) is 0.705. The van der Waals surface area contributed by atoms with Crippen molar-refractivity contribution in [2.24, 2.45) is 0 Å². The molecule has 4 nitrogen and oxygen atoms in total. The number of phenolic OH excluding ortho intramolecular Hbond substituents is 1. The van der Waals surface area contributed by atoms with Gasteiger partial charge in [-0.15, -0.1) is 0 Å². The number of aromatic hydroxyl groups is 1. The highest BCUT2D eigenvalue weighted by Gasteiger charge is 2.14. The zero-order valence-electron chi connectivity index (χ0n) is 10.2. The van der Waals surface area contributed by atoms with Gasteiger partial charge in [-0.1, -0.05) is 29.8 Å². The summed E-state index contributed by atoms with van der Waals surface area (Å²) >= 11 is 11.2. The lowest BCUT2D eigenvalue weighted by Gasteiger charge is -2.08. The van der Waals surface area contributed by atoms with E-state index < -0.39 is 0 Å². The number of nitrogens with zero attached hydrogens (tertiary/aromatic N) is 2. The Morgan fingerprint density at radius 1 is 1.15 bits per heavy atom. The van der Waals surface area contributed by atoms with Crippen LogP contribution in [0.15, 0.2) is 48.5 Å². The first-order chi connectivity index (χ1) is 9.66. The zero-order valence-corrected chi connectivity index (χ0v) is 11.8. The van der Waals surface area contributed by atoms with Crippen molar-refractivity contribution in [1.29, 1.82) is 0 Å². The Hall–Kier alpha value is -2.11. The van der Waals surface area contributed by atoms with Crippen LogP contribution in [0.25, 0.3) is 17.1 Å². The lowest BCUT2D eigenvalue weighted by atomic mass is 10.2. The van der Waals surface area contributed by atoms with Gasteiger partial charge in [0.05, 0.1) is 5.56 Å². The molecule has 1 heterocycles. The SMILES string of the molecule is Oc1ccc(Cl)cc1-c1n[nH]c(=S)n1-c1ccccc1. The van der Waals surface area contributed by atoms with Gasteiger partial charge in [-0.05, 0) is 42.5 Å². The van der Waals surface area contributed by atoms with Crippen LogP contribution in [-0.4, -0.2) is 19.9 Å². The number of benzene rings is 2. The monoisotopic (exact) mass is 303 g/mol. The number of nitrogens with one attached hydrogen (secondary N) is 1. The van der Waals surface area contributed by atoms with E-state index in [0.717, 1.165) is 5.69 Å². The molecule has 0 atom stereocenters. The van der Waals surface area contributed by atoms with Crippen molar-refractivity contribution < 1.29 is 5.11 Å². The Bertz CT molecular complexity index is 811. The van der Waals surface area contributed by atoms with Crippen LogP contribution in [0.1, 0.15) is 0 Å². The number of halogens is 1. The summed E-state index contributed by atoms with van der Waals surface area (Å²) in [6, 6.07) is 14.4. The van der Waals surface area contributed by atoms with E-state index >= 15 is 0 Å². The Kier molecular flexibility index (Phi) is 3.30. The van der Waals surface area contributed by atoms with Gasteiger partial charge in [0, 0.05) is 10.7 Å². The fourth-order valence-corrected chi connectivity index (χ4v) is 2.39. The van der Waals surface area contributed by atoms with Crippen LogP contribution >= 0.6 is 23.8 Å². The molecule has 2 aromatic carbocycles. The Balaban J connectivity index is 2.27. The fraction of sp³-hybridized carbons (Fsp3) is 0. The van der Waals surface area contributed by atoms with E-state index in [1.807, 2.05) is 30.3 Å². The van der Waals surface area contributed by atoms with E-state index in [2.05, 4.69) is 10.2 Å². The first-order valence-corrected chi connectivity index (χ1v) is 6.67. The molecule has 0 aliphatic rings. The first kappa shape index (κ1) is 12.9. The zero-order chi connectivity index (χ0) is 14.1. The second-order valence-corrected chi connectivity index (χ2v) is 5.01. The van der Waals surface area contributed by atoms with Crippen molar-refractivity contribution in [3.05, 3.63) is 58.3 Å². The third-order valence-corrected chi connectivity index (χ3v) is 3.40. The second kappa shape index (κ2) is 5.11. The van der Waals surface area contributed by atoms with Gasteiger partial charge in [-0.2, -0.15) is 5.10 Å². The molecule has 0 radical (unpaired) electrons. The minimum atomic E-state index is 0.0978. The Morgan fingerprint density at radius 3 is 2.65 bits per heavy atom. The molecule has 2 N–H and O–H groups in total. The largest absolute Gasteiger partial charge is 0.507 e. The van der Waals surface area contributed by atoms with E-state index in [9.17, 15) is 5.11 Å². The molecule has 0 fully saturated rings. The van der Waals surface area contributed by atoms with Crippen LogP contribution in [0.5, 0.6) is 5.75 Å². The van der Waals surface area contributed by atoms with Crippen LogP contribution in [0.3, 0.4) is 0 Å². The molecule has 20 heavy (non-hydrogen) atoms. The summed E-state index contributed by atoms with van der Waals surface area (Å²) in [5, 5.41) is 17.5. The van der Waals surface area contributed by atoms with Gasteiger partial charge in [-0.3, -0.25) is 9.67 Å². The normalized spacial score (nSPS) is 10.7. The average Bonchev–Trinajstić information content (AvgIpc) is 2.84. The smallest absolute Gasteiger partial charge is 0.200 e. The summed E-state index contributed by atoms with van der Waals surface area (Å²) < 4.78 is 2.20. The van der Waals surface area contributed by atoms with E-state index in [4.69, 9.17) is 23.8 Å². The highest BCUT2D eigenvalue weighted by atomic mass is 35.5. The number of para-hydroxylation sites is 1. The predicted molar refractivity (Wildman–Crippen MR) is 80.9 cm³/mol. The van der Waals surface area contributed by atoms with Crippen LogP contribution < -0.4 is 0 Å². The van der Waals surface area contributed by atoms with Crippen molar-refractivity contribution in [3.63, 3.8) is 0 Å². The highest BCUT2D eigenvalue weighted by molar-refractivity contribution is 7.71.